The van der Waals surface area contributed by atoms with Gasteiger partial charge in [-0.3, -0.25) is 29.4 Å². The standard InChI is InChI=1S/C21H35N5O8/c1-5-7-8-9-10-15(28)23-12(3)18(29)24-13(4)19(30)25-26(11-14(22)27)20(31)16-17(34-16)21(32)33-6-2/h12-13,16-17H,5-11H2,1-4H3,(H2,22,27)(H,23,28)(H,24,29)(H,25,30)/t12-,13-,16?,17?/m0/s1. The first-order chi connectivity index (χ1) is 16.0. The number of carbonyl (C=O) groups excluding carboxylic acids is 6. The summed E-state index contributed by atoms with van der Waals surface area (Å²) in [5, 5.41) is 5.61. The first-order valence-electron chi connectivity index (χ1n) is 11.3. The molecule has 13 nitrogen and oxygen atoms in total. The average molecular weight is 486 g/mol. The molecule has 0 bridgehead atoms. The van der Waals surface area contributed by atoms with E-state index < -0.39 is 60.4 Å². The maximum atomic E-state index is 12.5. The number of amides is 5. The van der Waals surface area contributed by atoms with Crippen LogP contribution in [-0.4, -0.2) is 78.0 Å². The van der Waals surface area contributed by atoms with Gasteiger partial charge in [0.15, 0.2) is 12.2 Å². The van der Waals surface area contributed by atoms with Crippen molar-refractivity contribution in [3.63, 3.8) is 0 Å². The molecular formula is C21H35N5O8. The number of epoxide rings is 1. The maximum absolute atomic E-state index is 12.5. The van der Waals surface area contributed by atoms with Gasteiger partial charge in [0.05, 0.1) is 6.61 Å². The number of unbranched alkanes of at least 4 members (excludes halogenated alkanes) is 3. The third-order valence-corrected chi connectivity index (χ3v) is 4.86. The zero-order valence-electron chi connectivity index (χ0n) is 20.0. The monoisotopic (exact) mass is 485 g/mol. The number of hydrogen-bond acceptors (Lipinski definition) is 8. The van der Waals surface area contributed by atoms with Crippen LogP contribution in [0.3, 0.4) is 0 Å². The lowest BCUT2D eigenvalue weighted by Crippen LogP contribution is -2.57. The van der Waals surface area contributed by atoms with Gasteiger partial charge in [-0.25, -0.2) is 9.80 Å². The lowest BCUT2D eigenvalue weighted by molar-refractivity contribution is -0.146. The van der Waals surface area contributed by atoms with Crippen LogP contribution >= 0.6 is 0 Å². The maximum Gasteiger partial charge on any atom is 0.338 e. The summed E-state index contributed by atoms with van der Waals surface area (Å²) >= 11 is 0. The zero-order valence-corrected chi connectivity index (χ0v) is 20.0. The molecule has 0 radical (unpaired) electrons. The van der Waals surface area contributed by atoms with E-state index in [2.05, 4.69) is 23.0 Å². The van der Waals surface area contributed by atoms with Crippen LogP contribution < -0.4 is 21.8 Å². The van der Waals surface area contributed by atoms with Crippen molar-refractivity contribution in [2.75, 3.05) is 13.2 Å². The number of nitrogens with two attached hydrogens (primary N) is 1. The molecule has 2 unspecified atom stereocenters. The zero-order chi connectivity index (χ0) is 25.8. The van der Waals surface area contributed by atoms with E-state index in [1.807, 2.05) is 0 Å². The van der Waals surface area contributed by atoms with E-state index in [4.69, 9.17) is 15.2 Å². The highest BCUT2D eigenvalue weighted by atomic mass is 16.6. The Kier molecular flexibility index (Phi) is 12.0. The Hall–Kier alpha value is -3.22. The van der Waals surface area contributed by atoms with Gasteiger partial charge < -0.3 is 25.8 Å². The Labute approximate surface area is 198 Å². The number of ether oxygens (including phenoxy) is 2. The second-order valence-corrected chi connectivity index (χ2v) is 7.93. The summed E-state index contributed by atoms with van der Waals surface area (Å²) in [5.74, 6) is -4.23. The summed E-state index contributed by atoms with van der Waals surface area (Å²) in [6.45, 7) is 5.90. The molecule has 0 aromatic rings. The average Bonchev–Trinajstić information content (AvgIpc) is 3.56. The van der Waals surface area contributed by atoms with Gasteiger partial charge in [0.25, 0.3) is 11.8 Å². The molecule has 1 aliphatic heterocycles. The number of nitrogens with one attached hydrogen (secondary N) is 3. The lowest BCUT2D eigenvalue weighted by atomic mass is 10.1. The highest BCUT2D eigenvalue weighted by Crippen LogP contribution is 2.25. The Balaban J connectivity index is 2.59. The van der Waals surface area contributed by atoms with Crippen LogP contribution in [-0.2, 0) is 38.2 Å². The minimum atomic E-state index is -1.23. The van der Waals surface area contributed by atoms with Gasteiger partial charge in [-0.1, -0.05) is 26.2 Å². The predicted molar refractivity (Wildman–Crippen MR) is 118 cm³/mol. The van der Waals surface area contributed by atoms with Crippen molar-refractivity contribution in [3.8, 4) is 0 Å². The number of carbonyl (C=O) groups is 6. The SMILES string of the molecule is CCCCCCC(=O)N[C@@H](C)C(=O)N[C@@H](C)C(=O)NN(CC(N)=O)C(=O)C1OC1C(=O)OCC. The van der Waals surface area contributed by atoms with E-state index >= 15 is 0 Å². The molecule has 34 heavy (non-hydrogen) atoms. The molecule has 0 aromatic heterocycles. The fraction of sp³-hybridized carbons (Fsp3) is 0.714. The quantitative estimate of drug-likeness (QED) is 0.100. The van der Waals surface area contributed by atoms with Gasteiger partial charge in [-0.2, -0.15) is 0 Å². The fourth-order valence-corrected chi connectivity index (χ4v) is 2.91. The first kappa shape index (κ1) is 28.8. The summed E-state index contributed by atoms with van der Waals surface area (Å²) in [7, 11) is 0. The van der Waals surface area contributed by atoms with Gasteiger partial charge in [0, 0.05) is 6.42 Å². The van der Waals surface area contributed by atoms with Crippen molar-refractivity contribution >= 4 is 35.5 Å². The molecule has 1 aliphatic rings. The second-order valence-electron chi connectivity index (χ2n) is 7.93. The Morgan fingerprint density at radius 3 is 2.18 bits per heavy atom. The lowest BCUT2D eigenvalue weighted by Gasteiger charge is -2.24. The number of esters is 1. The molecule has 0 saturated carbocycles. The Morgan fingerprint density at radius 1 is 0.941 bits per heavy atom. The van der Waals surface area contributed by atoms with E-state index in [1.54, 1.807) is 6.92 Å². The summed E-state index contributed by atoms with van der Waals surface area (Å²) in [5.41, 5.74) is 7.33. The van der Waals surface area contributed by atoms with Crippen LogP contribution in [0.5, 0.6) is 0 Å². The third-order valence-electron chi connectivity index (χ3n) is 4.86. The fourth-order valence-electron chi connectivity index (χ4n) is 2.91. The first-order valence-corrected chi connectivity index (χ1v) is 11.3. The number of hydrogen-bond donors (Lipinski definition) is 4. The predicted octanol–water partition coefficient (Wildman–Crippen LogP) is -1.36. The molecule has 4 atom stereocenters. The van der Waals surface area contributed by atoms with E-state index in [-0.39, 0.29) is 12.5 Å². The van der Waals surface area contributed by atoms with Crippen molar-refractivity contribution in [2.24, 2.45) is 5.73 Å². The van der Waals surface area contributed by atoms with Crippen LogP contribution in [0, 0.1) is 0 Å². The minimum Gasteiger partial charge on any atom is -0.464 e. The largest absolute Gasteiger partial charge is 0.464 e. The second kappa shape index (κ2) is 14.1. The normalized spacial score (nSPS) is 18.1. The van der Waals surface area contributed by atoms with Crippen LogP contribution in [0.2, 0.25) is 0 Å². The molecule has 1 heterocycles. The number of hydrazine groups is 1. The summed E-state index contributed by atoms with van der Waals surface area (Å²) in [6.07, 6.45) is 1.66. The van der Waals surface area contributed by atoms with Crippen molar-refractivity contribution in [1.29, 1.82) is 0 Å². The topological polar surface area (TPSA) is 190 Å². The molecule has 192 valence electrons. The molecular weight excluding hydrogens is 450 g/mol. The van der Waals surface area contributed by atoms with Gasteiger partial charge >= 0.3 is 5.97 Å². The molecule has 0 spiro atoms. The molecule has 13 heteroatoms. The molecule has 0 aliphatic carbocycles. The number of rotatable bonds is 14. The Bertz CT molecular complexity index is 774. The van der Waals surface area contributed by atoms with Crippen LogP contribution in [0.15, 0.2) is 0 Å². The summed E-state index contributed by atoms with van der Waals surface area (Å²) < 4.78 is 9.75. The molecule has 5 N–H and O–H groups in total. The van der Waals surface area contributed by atoms with Crippen LogP contribution in [0.1, 0.15) is 59.8 Å². The van der Waals surface area contributed by atoms with Crippen molar-refractivity contribution < 1.29 is 38.2 Å². The molecule has 1 fully saturated rings. The van der Waals surface area contributed by atoms with E-state index in [0.29, 0.717) is 11.4 Å². The van der Waals surface area contributed by atoms with Crippen LogP contribution in [0.25, 0.3) is 0 Å². The van der Waals surface area contributed by atoms with Gasteiger partial charge in [-0.15, -0.1) is 0 Å². The van der Waals surface area contributed by atoms with Gasteiger partial charge in [-0.05, 0) is 27.2 Å². The van der Waals surface area contributed by atoms with E-state index in [1.165, 1.54) is 13.8 Å². The summed E-state index contributed by atoms with van der Waals surface area (Å²) in [4.78, 5) is 72.3. The van der Waals surface area contributed by atoms with Crippen molar-refractivity contribution in [1.82, 2.24) is 21.1 Å². The molecule has 5 amide bonds. The number of nitrogens with zero attached hydrogens (tertiary/aromatic N) is 1. The molecule has 0 aromatic carbocycles. The summed E-state index contributed by atoms with van der Waals surface area (Å²) in [6, 6.07) is -2.01. The van der Waals surface area contributed by atoms with E-state index in [9.17, 15) is 28.8 Å². The van der Waals surface area contributed by atoms with Crippen LogP contribution in [0.4, 0.5) is 0 Å². The van der Waals surface area contributed by atoms with E-state index in [0.717, 1.165) is 25.7 Å². The Morgan fingerprint density at radius 2 is 1.59 bits per heavy atom. The molecule has 1 saturated heterocycles. The smallest absolute Gasteiger partial charge is 0.338 e. The number of primary amides is 1. The highest BCUT2D eigenvalue weighted by molar-refractivity contribution is 5.96. The van der Waals surface area contributed by atoms with Gasteiger partial charge in [0.1, 0.15) is 18.6 Å². The third kappa shape index (κ3) is 9.73. The highest BCUT2D eigenvalue weighted by Gasteiger charge is 2.53. The minimum absolute atomic E-state index is 0.0935. The van der Waals surface area contributed by atoms with Crippen molar-refractivity contribution in [2.45, 2.75) is 84.1 Å². The van der Waals surface area contributed by atoms with Crippen molar-refractivity contribution in [3.05, 3.63) is 0 Å². The molecule has 1 rings (SSSR count). The van der Waals surface area contributed by atoms with Gasteiger partial charge in [0.2, 0.25) is 17.7 Å².